The highest BCUT2D eigenvalue weighted by molar-refractivity contribution is 5.73. The van der Waals surface area contributed by atoms with E-state index in [1.54, 1.807) is 0 Å². The monoisotopic (exact) mass is 250 g/mol. The first-order valence-electron chi connectivity index (χ1n) is 5.10. The number of ether oxygens (including phenoxy) is 4. The standard InChI is InChI=1S/C10H18O7/c1-10(16-4)8(15-3)6(14-2)5(11)7(17-10)9(12)13/h5-8,11H,1-4H3,(H,12,13)/t5-,6-,7-,8+,10-/m0/s1. The van der Waals surface area contributed by atoms with Crippen molar-refractivity contribution < 1.29 is 34.0 Å². The molecular weight excluding hydrogens is 232 g/mol. The number of carbonyl (C=O) groups is 1. The summed E-state index contributed by atoms with van der Waals surface area (Å²) in [6.45, 7) is 1.54. The number of methoxy groups -OCH3 is 3. The molecule has 1 aliphatic rings. The van der Waals surface area contributed by atoms with Gasteiger partial charge in [-0.05, 0) is 6.92 Å². The van der Waals surface area contributed by atoms with Crippen molar-refractivity contribution in [1.82, 2.24) is 0 Å². The summed E-state index contributed by atoms with van der Waals surface area (Å²) in [5.41, 5.74) is 0. The minimum Gasteiger partial charge on any atom is -0.479 e. The van der Waals surface area contributed by atoms with Crippen LogP contribution in [0.4, 0.5) is 0 Å². The van der Waals surface area contributed by atoms with Crippen LogP contribution in [0.15, 0.2) is 0 Å². The van der Waals surface area contributed by atoms with E-state index < -0.39 is 36.2 Å². The molecule has 17 heavy (non-hydrogen) atoms. The smallest absolute Gasteiger partial charge is 0.335 e. The van der Waals surface area contributed by atoms with E-state index in [-0.39, 0.29) is 0 Å². The molecule has 7 nitrogen and oxygen atoms in total. The maximum Gasteiger partial charge on any atom is 0.335 e. The summed E-state index contributed by atoms with van der Waals surface area (Å²) >= 11 is 0. The van der Waals surface area contributed by atoms with Crippen LogP contribution in [-0.2, 0) is 23.7 Å². The van der Waals surface area contributed by atoms with Crippen molar-refractivity contribution in [3.05, 3.63) is 0 Å². The van der Waals surface area contributed by atoms with Gasteiger partial charge in [-0.3, -0.25) is 0 Å². The molecule has 7 heteroatoms. The van der Waals surface area contributed by atoms with Crippen LogP contribution in [0.3, 0.4) is 0 Å². The largest absolute Gasteiger partial charge is 0.479 e. The molecule has 0 aliphatic carbocycles. The van der Waals surface area contributed by atoms with Crippen LogP contribution in [0, 0.1) is 0 Å². The third-order valence-electron chi connectivity index (χ3n) is 3.00. The van der Waals surface area contributed by atoms with Gasteiger partial charge in [0.05, 0.1) is 0 Å². The number of rotatable bonds is 4. The first kappa shape index (κ1) is 14.3. The summed E-state index contributed by atoms with van der Waals surface area (Å²) in [7, 11) is 4.14. The van der Waals surface area contributed by atoms with E-state index in [9.17, 15) is 9.90 Å². The van der Waals surface area contributed by atoms with E-state index in [0.29, 0.717) is 0 Å². The van der Waals surface area contributed by atoms with Gasteiger partial charge in [0, 0.05) is 21.3 Å². The molecular formula is C10H18O7. The minimum absolute atomic E-state index is 0.733. The van der Waals surface area contributed by atoms with Gasteiger partial charge in [0.25, 0.3) is 0 Å². The predicted molar refractivity (Wildman–Crippen MR) is 55.5 cm³/mol. The van der Waals surface area contributed by atoms with Crippen molar-refractivity contribution in [2.75, 3.05) is 21.3 Å². The summed E-state index contributed by atoms with van der Waals surface area (Å²) in [6.07, 6.45) is -4.33. The lowest BCUT2D eigenvalue weighted by Gasteiger charge is -2.47. The fourth-order valence-electron chi connectivity index (χ4n) is 2.01. The van der Waals surface area contributed by atoms with Crippen LogP contribution in [0.25, 0.3) is 0 Å². The molecule has 0 bridgehead atoms. The van der Waals surface area contributed by atoms with Gasteiger partial charge in [-0.1, -0.05) is 0 Å². The summed E-state index contributed by atoms with van der Waals surface area (Å²) in [5.74, 6) is -2.57. The Morgan fingerprint density at radius 2 is 1.88 bits per heavy atom. The molecule has 1 rings (SSSR count). The molecule has 0 aromatic heterocycles. The highest BCUT2D eigenvalue weighted by Crippen LogP contribution is 2.33. The molecule has 0 unspecified atom stereocenters. The number of aliphatic carboxylic acids is 1. The van der Waals surface area contributed by atoms with E-state index in [0.717, 1.165) is 0 Å². The minimum atomic E-state index is -1.42. The van der Waals surface area contributed by atoms with Crippen molar-refractivity contribution in [2.24, 2.45) is 0 Å². The molecule has 1 heterocycles. The van der Waals surface area contributed by atoms with Crippen molar-refractivity contribution in [1.29, 1.82) is 0 Å². The molecule has 0 aromatic rings. The van der Waals surface area contributed by atoms with Gasteiger partial charge in [0.2, 0.25) is 0 Å². The van der Waals surface area contributed by atoms with E-state index in [4.69, 9.17) is 24.1 Å². The lowest BCUT2D eigenvalue weighted by atomic mass is 9.93. The van der Waals surface area contributed by atoms with Crippen molar-refractivity contribution in [3.63, 3.8) is 0 Å². The fourth-order valence-corrected chi connectivity index (χ4v) is 2.01. The lowest BCUT2D eigenvalue weighted by molar-refractivity contribution is -0.348. The van der Waals surface area contributed by atoms with Gasteiger partial charge in [-0.15, -0.1) is 0 Å². The molecule has 0 aromatic carbocycles. The topological polar surface area (TPSA) is 94.5 Å². The Balaban J connectivity index is 3.06. The van der Waals surface area contributed by atoms with E-state index in [1.807, 2.05) is 0 Å². The van der Waals surface area contributed by atoms with Crippen molar-refractivity contribution in [3.8, 4) is 0 Å². The van der Waals surface area contributed by atoms with Gasteiger partial charge in [-0.25, -0.2) is 4.79 Å². The van der Waals surface area contributed by atoms with Gasteiger partial charge in [0.15, 0.2) is 11.9 Å². The zero-order chi connectivity index (χ0) is 13.2. The first-order valence-corrected chi connectivity index (χ1v) is 5.10. The average Bonchev–Trinajstić information content (AvgIpc) is 2.30. The lowest BCUT2D eigenvalue weighted by Crippen LogP contribution is -2.66. The molecule has 5 atom stereocenters. The molecule has 1 fully saturated rings. The van der Waals surface area contributed by atoms with Crippen LogP contribution < -0.4 is 0 Å². The molecule has 0 saturated carbocycles. The number of carboxylic acids is 1. The van der Waals surface area contributed by atoms with Crippen molar-refractivity contribution >= 4 is 5.97 Å². The molecule has 2 N–H and O–H groups in total. The van der Waals surface area contributed by atoms with Gasteiger partial charge in [0.1, 0.15) is 18.3 Å². The Bertz CT molecular complexity index is 282. The number of aliphatic hydroxyl groups is 1. The summed E-state index contributed by atoms with van der Waals surface area (Å²) < 4.78 is 20.7. The third-order valence-corrected chi connectivity index (χ3v) is 3.00. The maximum atomic E-state index is 11.0. The van der Waals surface area contributed by atoms with Crippen LogP contribution in [-0.4, -0.2) is 67.7 Å². The third kappa shape index (κ3) is 2.43. The molecule has 1 aliphatic heterocycles. The van der Waals surface area contributed by atoms with Crippen LogP contribution in [0.2, 0.25) is 0 Å². The quantitative estimate of drug-likeness (QED) is 0.676. The zero-order valence-corrected chi connectivity index (χ0v) is 10.2. The summed E-state index contributed by atoms with van der Waals surface area (Å²) in [4.78, 5) is 11.0. The number of hydrogen-bond acceptors (Lipinski definition) is 6. The zero-order valence-electron chi connectivity index (χ0n) is 10.2. The Hall–Kier alpha value is -0.730. The Morgan fingerprint density at radius 3 is 2.24 bits per heavy atom. The molecule has 0 amide bonds. The SMILES string of the molecule is CO[C@H]1[C@H](O)[C@@H](C(=O)O)O[C@](C)(OC)[C@@H]1OC. The Labute approximate surface area is 99.2 Å². The average molecular weight is 250 g/mol. The van der Waals surface area contributed by atoms with E-state index >= 15 is 0 Å². The van der Waals surface area contributed by atoms with E-state index in [1.165, 1.54) is 28.3 Å². The highest BCUT2D eigenvalue weighted by Gasteiger charge is 2.55. The second-order valence-corrected chi connectivity index (χ2v) is 3.94. The highest BCUT2D eigenvalue weighted by atomic mass is 16.7. The fraction of sp³-hybridized carbons (Fsp3) is 0.900. The van der Waals surface area contributed by atoms with E-state index in [2.05, 4.69) is 0 Å². The number of carboxylic acid groups (broad SMARTS) is 1. The van der Waals surface area contributed by atoms with Crippen LogP contribution >= 0.6 is 0 Å². The van der Waals surface area contributed by atoms with Crippen LogP contribution in [0.5, 0.6) is 0 Å². The Morgan fingerprint density at radius 1 is 1.29 bits per heavy atom. The number of hydrogen-bond donors (Lipinski definition) is 2. The summed E-state index contributed by atoms with van der Waals surface area (Å²) in [6, 6.07) is 0. The predicted octanol–water partition coefficient (Wildman–Crippen LogP) is -0.777. The normalized spacial score (nSPS) is 42.4. The Kier molecular flexibility index (Phi) is 4.45. The second-order valence-electron chi connectivity index (χ2n) is 3.94. The van der Waals surface area contributed by atoms with Gasteiger partial charge >= 0.3 is 5.97 Å². The van der Waals surface area contributed by atoms with Gasteiger partial charge < -0.3 is 29.2 Å². The summed E-state index contributed by atoms with van der Waals surface area (Å²) in [5, 5.41) is 18.8. The molecule has 0 spiro atoms. The molecule has 100 valence electrons. The first-order chi connectivity index (χ1) is 7.91. The second kappa shape index (κ2) is 5.28. The van der Waals surface area contributed by atoms with Crippen molar-refractivity contribution in [2.45, 2.75) is 37.1 Å². The van der Waals surface area contributed by atoms with Gasteiger partial charge in [-0.2, -0.15) is 0 Å². The molecule has 0 radical (unpaired) electrons. The number of aliphatic hydroxyl groups excluding tert-OH is 1. The maximum absolute atomic E-state index is 11.0. The van der Waals surface area contributed by atoms with Crippen LogP contribution in [0.1, 0.15) is 6.92 Å². The molecule has 1 saturated heterocycles.